The predicted molar refractivity (Wildman–Crippen MR) is 115 cm³/mol. The number of nitrogens with zero attached hydrogens (tertiary/aromatic N) is 3. The molecular formula is C21H38N6O. The van der Waals surface area contributed by atoms with E-state index in [-0.39, 0.29) is 11.9 Å². The van der Waals surface area contributed by atoms with Crippen LogP contribution in [0.25, 0.3) is 0 Å². The maximum Gasteiger partial charge on any atom is 0.222 e. The van der Waals surface area contributed by atoms with Crippen molar-refractivity contribution in [1.82, 2.24) is 25.7 Å². The lowest BCUT2D eigenvalue weighted by molar-refractivity contribution is -0.121. The minimum atomic E-state index is 0.112. The van der Waals surface area contributed by atoms with E-state index in [4.69, 9.17) is 0 Å². The Labute approximate surface area is 169 Å². The van der Waals surface area contributed by atoms with Crippen molar-refractivity contribution in [2.75, 3.05) is 13.1 Å². The van der Waals surface area contributed by atoms with Gasteiger partial charge in [-0.2, -0.15) is 5.10 Å². The quantitative estimate of drug-likeness (QED) is 0.470. The van der Waals surface area contributed by atoms with Crippen molar-refractivity contribution in [3.8, 4) is 0 Å². The van der Waals surface area contributed by atoms with Crippen LogP contribution in [0.1, 0.15) is 69.3 Å². The van der Waals surface area contributed by atoms with E-state index in [1.54, 1.807) is 0 Å². The van der Waals surface area contributed by atoms with Gasteiger partial charge in [-0.15, -0.1) is 0 Å². The zero-order chi connectivity index (χ0) is 20.5. The lowest BCUT2D eigenvalue weighted by atomic mass is 9.95. The van der Waals surface area contributed by atoms with Crippen molar-refractivity contribution in [3.05, 3.63) is 17.0 Å². The van der Waals surface area contributed by atoms with Crippen molar-refractivity contribution in [1.29, 1.82) is 0 Å². The van der Waals surface area contributed by atoms with Gasteiger partial charge in [-0.25, -0.2) is 0 Å². The number of rotatable bonds is 8. The first-order valence-corrected chi connectivity index (χ1v) is 10.7. The molecule has 1 unspecified atom stereocenters. The van der Waals surface area contributed by atoms with E-state index in [1.165, 1.54) is 30.5 Å². The van der Waals surface area contributed by atoms with Gasteiger partial charge in [0.25, 0.3) is 0 Å². The van der Waals surface area contributed by atoms with Gasteiger partial charge < -0.3 is 16.0 Å². The summed E-state index contributed by atoms with van der Waals surface area (Å²) in [5, 5.41) is 14.4. The van der Waals surface area contributed by atoms with Gasteiger partial charge in [-0.1, -0.05) is 19.3 Å². The topological polar surface area (TPSA) is 83.3 Å². The van der Waals surface area contributed by atoms with Crippen LogP contribution in [0, 0.1) is 13.8 Å². The largest absolute Gasteiger partial charge is 0.357 e. The van der Waals surface area contributed by atoms with Gasteiger partial charge in [0.2, 0.25) is 5.91 Å². The minimum absolute atomic E-state index is 0.112. The first-order valence-electron chi connectivity index (χ1n) is 10.7. The van der Waals surface area contributed by atoms with Crippen LogP contribution in [-0.2, 0) is 18.3 Å². The second-order valence-electron chi connectivity index (χ2n) is 7.94. The molecule has 1 aromatic rings. The van der Waals surface area contributed by atoms with Crippen LogP contribution in [0.5, 0.6) is 0 Å². The fourth-order valence-corrected chi connectivity index (χ4v) is 3.84. The first-order chi connectivity index (χ1) is 13.4. The van der Waals surface area contributed by atoms with Crippen molar-refractivity contribution in [3.63, 3.8) is 0 Å². The number of hydrogen-bond donors (Lipinski definition) is 3. The number of amides is 1. The summed E-state index contributed by atoms with van der Waals surface area (Å²) in [6.07, 6.45) is 7.30. The molecule has 0 aromatic carbocycles. The van der Waals surface area contributed by atoms with Gasteiger partial charge in [0.1, 0.15) is 0 Å². The summed E-state index contributed by atoms with van der Waals surface area (Å²) in [4.78, 5) is 16.8. The van der Waals surface area contributed by atoms with Crippen molar-refractivity contribution < 1.29 is 4.79 Å². The Bertz CT molecular complexity index is 660. The van der Waals surface area contributed by atoms with Gasteiger partial charge in [0.15, 0.2) is 5.96 Å². The highest BCUT2D eigenvalue weighted by atomic mass is 16.1. The smallest absolute Gasteiger partial charge is 0.222 e. The van der Waals surface area contributed by atoms with Gasteiger partial charge in [-0.3, -0.25) is 14.5 Å². The molecule has 0 spiro atoms. The van der Waals surface area contributed by atoms with E-state index >= 15 is 0 Å². The molecule has 0 saturated heterocycles. The van der Waals surface area contributed by atoms with Gasteiger partial charge in [0, 0.05) is 37.8 Å². The standard InChI is InChI=1S/C21H38N6O/c1-6-22-21(23-13-12-20(28)25-18-10-8-7-9-11-18)24-15(2)14-19-16(3)26-27(5)17(19)4/h15,18H,6-14H2,1-5H3,(H,25,28)(H2,22,23,24). The Morgan fingerprint density at radius 3 is 2.61 bits per heavy atom. The van der Waals surface area contributed by atoms with Crippen LogP contribution in [-0.4, -0.2) is 46.8 Å². The molecule has 1 fully saturated rings. The number of aryl methyl sites for hydroxylation is 2. The van der Waals surface area contributed by atoms with Gasteiger partial charge in [-0.05, 0) is 52.5 Å². The Balaban J connectivity index is 1.82. The molecule has 2 rings (SSSR count). The second kappa shape index (κ2) is 11.1. The molecule has 0 bridgehead atoms. The van der Waals surface area contributed by atoms with Crippen molar-refractivity contribution >= 4 is 11.9 Å². The molecule has 0 radical (unpaired) electrons. The third-order valence-electron chi connectivity index (χ3n) is 5.48. The molecular weight excluding hydrogens is 352 g/mol. The molecule has 28 heavy (non-hydrogen) atoms. The van der Waals surface area contributed by atoms with Crippen LogP contribution in [0.2, 0.25) is 0 Å². The highest BCUT2D eigenvalue weighted by molar-refractivity contribution is 5.81. The highest BCUT2D eigenvalue weighted by Crippen LogP contribution is 2.17. The van der Waals surface area contributed by atoms with E-state index in [0.29, 0.717) is 19.0 Å². The third kappa shape index (κ3) is 6.84. The Morgan fingerprint density at radius 2 is 2.00 bits per heavy atom. The van der Waals surface area contributed by atoms with Crippen LogP contribution in [0.15, 0.2) is 4.99 Å². The molecule has 3 N–H and O–H groups in total. The summed E-state index contributed by atoms with van der Waals surface area (Å²) in [6, 6.07) is 0.582. The monoisotopic (exact) mass is 390 g/mol. The number of nitrogens with one attached hydrogen (secondary N) is 3. The Kier molecular flexibility index (Phi) is 8.80. The summed E-state index contributed by atoms with van der Waals surface area (Å²) in [5.74, 6) is 0.876. The first kappa shape index (κ1) is 22.2. The summed E-state index contributed by atoms with van der Waals surface area (Å²) in [6.45, 7) is 9.64. The lowest BCUT2D eigenvalue weighted by Crippen LogP contribution is -2.43. The Morgan fingerprint density at radius 1 is 1.29 bits per heavy atom. The highest BCUT2D eigenvalue weighted by Gasteiger charge is 2.16. The van der Waals surface area contributed by atoms with E-state index in [2.05, 4.69) is 46.8 Å². The number of carbonyl (C=O) groups is 1. The Hall–Kier alpha value is -2.05. The van der Waals surface area contributed by atoms with Crippen LogP contribution < -0.4 is 16.0 Å². The molecule has 158 valence electrons. The number of carbonyl (C=O) groups excluding carboxylic acids is 1. The van der Waals surface area contributed by atoms with Gasteiger partial charge >= 0.3 is 0 Å². The molecule has 1 aliphatic rings. The molecule has 7 heteroatoms. The summed E-state index contributed by atoms with van der Waals surface area (Å²) in [7, 11) is 1.98. The van der Waals surface area contributed by atoms with Crippen LogP contribution in [0.4, 0.5) is 0 Å². The summed E-state index contributed by atoms with van der Waals surface area (Å²) < 4.78 is 1.93. The molecule has 1 heterocycles. The second-order valence-corrected chi connectivity index (χ2v) is 7.94. The van der Waals surface area contributed by atoms with Crippen LogP contribution in [0.3, 0.4) is 0 Å². The maximum absolute atomic E-state index is 12.2. The molecule has 1 aliphatic carbocycles. The predicted octanol–water partition coefficient (Wildman–Crippen LogP) is 2.36. The number of guanidine groups is 1. The summed E-state index contributed by atoms with van der Waals surface area (Å²) >= 11 is 0. The molecule has 1 aromatic heterocycles. The molecule has 1 atom stereocenters. The fraction of sp³-hybridized carbons (Fsp3) is 0.762. The molecule has 1 saturated carbocycles. The van der Waals surface area contributed by atoms with Crippen LogP contribution >= 0.6 is 0 Å². The average Bonchev–Trinajstić information content (AvgIpc) is 2.89. The molecule has 1 amide bonds. The minimum Gasteiger partial charge on any atom is -0.357 e. The van der Waals surface area contributed by atoms with Crippen molar-refractivity contribution in [2.45, 2.75) is 84.7 Å². The fourth-order valence-electron chi connectivity index (χ4n) is 3.84. The van der Waals surface area contributed by atoms with E-state index in [0.717, 1.165) is 37.5 Å². The zero-order valence-corrected chi connectivity index (χ0v) is 18.3. The number of aromatic nitrogens is 2. The third-order valence-corrected chi connectivity index (χ3v) is 5.48. The normalized spacial score (nSPS) is 16.7. The van der Waals surface area contributed by atoms with E-state index in [9.17, 15) is 4.79 Å². The SMILES string of the molecule is CCNC(=NCCC(=O)NC1CCCCC1)NC(C)Cc1c(C)nn(C)c1C. The lowest BCUT2D eigenvalue weighted by Gasteiger charge is -2.22. The van der Waals surface area contributed by atoms with Crippen molar-refractivity contribution in [2.24, 2.45) is 12.0 Å². The average molecular weight is 391 g/mol. The molecule has 7 nitrogen and oxygen atoms in total. The number of aliphatic imine (C=N–C) groups is 1. The summed E-state index contributed by atoms with van der Waals surface area (Å²) in [5.41, 5.74) is 3.56. The molecule has 0 aliphatic heterocycles. The zero-order valence-electron chi connectivity index (χ0n) is 18.3. The number of hydrogen-bond acceptors (Lipinski definition) is 3. The van der Waals surface area contributed by atoms with E-state index in [1.807, 2.05) is 18.7 Å². The van der Waals surface area contributed by atoms with E-state index < -0.39 is 0 Å². The van der Waals surface area contributed by atoms with Gasteiger partial charge in [0.05, 0.1) is 12.2 Å². The maximum atomic E-state index is 12.2.